The zero-order valence-corrected chi connectivity index (χ0v) is 18.3. The van der Waals surface area contributed by atoms with Gasteiger partial charge in [0.05, 0.1) is 17.6 Å². The molecule has 2 aliphatic heterocycles. The van der Waals surface area contributed by atoms with Crippen molar-refractivity contribution in [2.45, 2.75) is 16.3 Å². The summed E-state index contributed by atoms with van der Waals surface area (Å²) in [6, 6.07) is 1.92. The number of carboxylic acid groups (broad SMARTS) is 1. The number of nitriles is 1. The van der Waals surface area contributed by atoms with E-state index in [2.05, 4.69) is 20.8 Å². The molecule has 0 radical (unpaired) electrons. The number of aryl methyl sites for hydroxylation is 1. The second-order valence-electron chi connectivity index (χ2n) is 6.11. The largest absolute Gasteiger partial charge is 0.477 e. The number of carboxylic acids is 1. The third-order valence-electron chi connectivity index (χ3n) is 4.32. The number of aliphatic carboxylic acids is 1. The quantitative estimate of drug-likeness (QED) is 0.201. The molecule has 30 heavy (non-hydrogen) atoms. The maximum absolute atomic E-state index is 12.9. The van der Waals surface area contributed by atoms with E-state index in [1.807, 2.05) is 6.07 Å². The van der Waals surface area contributed by atoms with Crippen LogP contribution in [0.4, 0.5) is 0 Å². The number of carbonyl (C=O) groups excluding carboxylic acids is 2. The fourth-order valence-corrected chi connectivity index (χ4v) is 5.86. The molecule has 2 aliphatic rings. The molecule has 0 aliphatic carbocycles. The molecule has 1 aromatic heterocycles. The number of carbonyl (C=O) groups is 3. The number of β-lactam (4-membered cyclic amide) rings is 1. The van der Waals surface area contributed by atoms with Gasteiger partial charge in [0.2, 0.25) is 11.1 Å². The Morgan fingerprint density at radius 2 is 2.30 bits per heavy atom. The standard InChI is InChI=1S/C15H17N7O5S3/c1-21-14(18-19-20-21)30-6-8-5-29-13-15(27-2,17-9(23)7-28-4-3-16)12(26)22(13)10(8)11(24)25/h13H,4-7H2,1-2H3,(H,17,23)(H,24,25)/t13?,15-/m1/s1. The Kier molecular flexibility index (Phi) is 6.91. The van der Waals surface area contributed by atoms with Crippen molar-refractivity contribution >= 4 is 53.1 Å². The van der Waals surface area contributed by atoms with Gasteiger partial charge in [0.15, 0.2) is 0 Å². The van der Waals surface area contributed by atoms with Gasteiger partial charge in [0.25, 0.3) is 11.6 Å². The average molecular weight is 472 g/mol. The van der Waals surface area contributed by atoms with Crippen LogP contribution in [0.2, 0.25) is 0 Å². The van der Waals surface area contributed by atoms with Crippen molar-refractivity contribution in [2.75, 3.05) is 30.1 Å². The third-order valence-corrected chi connectivity index (χ3v) is 7.59. The second-order valence-corrected chi connectivity index (χ2v) is 9.11. The van der Waals surface area contributed by atoms with E-state index in [0.29, 0.717) is 16.5 Å². The molecule has 1 fully saturated rings. The van der Waals surface area contributed by atoms with E-state index in [-0.39, 0.29) is 23.0 Å². The van der Waals surface area contributed by atoms with E-state index in [4.69, 9.17) is 10.00 Å². The SMILES string of the molecule is CO[C@]1(NC(=O)CSCC#N)C(=O)N2C(C(=O)O)=C(CSc3nnnn3C)CSC21. The molecule has 0 spiro atoms. The van der Waals surface area contributed by atoms with Crippen LogP contribution < -0.4 is 5.32 Å². The number of methoxy groups -OCH3 is 1. The number of nitrogens with zero attached hydrogens (tertiary/aromatic N) is 6. The summed E-state index contributed by atoms with van der Waals surface area (Å²) in [6.45, 7) is 0. The maximum Gasteiger partial charge on any atom is 0.352 e. The summed E-state index contributed by atoms with van der Waals surface area (Å²) in [7, 11) is 2.96. The molecule has 2 atom stereocenters. The number of nitrogens with one attached hydrogen (secondary N) is 1. The van der Waals surface area contributed by atoms with Crippen molar-refractivity contribution in [3.8, 4) is 6.07 Å². The maximum atomic E-state index is 12.9. The number of thioether (sulfide) groups is 3. The number of rotatable bonds is 9. The lowest BCUT2D eigenvalue weighted by atomic mass is 9.98. The monoisotopic (exact) mass is 471 g/mol. The Balaban J connectivity index is 1.78. The molecule has 2 amide bonds. The van der Waals surface area contributed by atoms with E-state index in [9.17, 15) is 19.5 Å². The molecule has 1 aromatic rings. The van der Waals surface area contributed by atoms with Gasteiger partial charge in [-0.15, -0.1) is 28.6 Å². The molecule has 160 valence electrons. The predicted molar refractivity (Wildman–Crippen MR) is 108 cm³/mol. The number of amides is 2. The number of tetrazole rings is 1. The summed E-state index contributed by atoms with van der Waals surface area (Å²) in [5, 5.41) is 31.8. The van der Waals surface area contributed by atoms with Gasteiger partial charge in [-0.3, -0.25) is 14.5 Å². The van der Waals surface area contributed by atoms with Crippen LogP contribution in [0.25, 0.3) is 0 Å². The van der Waals surface area contributed by atoms with E-state index in [1.165, 1.54) is 35.3 Å². The lowest BCUT2D eigenvalue weighted by Gasteiger charge is -2.55. The minimum atomic E-state index is -1.64. The van der Waals surface area contributed by atoms with Gasteiger partial charge < -0.3 is 15.2 Å². The third kappa shape index (κ3) is 4.00. The number of ether oxygens (including phenoxy) is 1. The Morgan fingerprint density at radius 3 is 2.90 bits per heavy atom. The van der Waals surface area contributed by atoms with E-state index in [0.717, 1.165) is 16.7 Å². The molecule has 1 saturated heterocycles. The number of hydrogen-bond acceptors (Lipinski definition) is 11. The summed E-state index contributed by atoms with van der Waals surface area (Å²) >= 11 is 3.67. The summed E-state index contributed by atoms with van der Waals surface area (Å²) in [5.41, 5.74) is -1.21. The normalized spacial score (nSPS) is 22.9. The van der Waals surface area contributed by atoms with Crippen LogP contribution >= 0.6 is 35.3 Å². The van der Waals surface area contributed by atoms with Crippen LogP contribution in [-0.2, 0) is 26.2 Å². The molecular weight excluding hydrogens is 454 g/mol. The van der Waals surface area contributed by atoms with Crippen LogP contribution in [-0.4, -0.2) is 89.2 Å². The number of fused-ring (bicyclic) bond motifs is 1. The minimum absolute atomic E-state index is 0.0153. The van der Waals surface area contributed by atoms with Crippen molar-refractivity contribution in [3.05, 3.63) is 11.3 Å². The summed E-state index contributed by atoms with van der Waals surface area (Å²) in [5.74, 6) is -1.61. The zero-order valence-electron chi connectivity index (χ0n) is 15.9. The second kappa shape index (κ2) is 9.25. The number of hydrogen-bond donors (Lipinski definition) is 2. The number of aromatic nitrogens is 4. The van der Waals surface area contributed by atoms with Crippen LogP contribution in [0.1, 0.15) is 0 Å². The van der Waals surface area contributed by atoms with Gasteiger partial charge in [-0.1, -0.05) is 11.8 Å². The molecule has 3 heterocycles. The highest BCUT2D eigenvalue weighted by Crippen LogP contribution is 2.47. The predicted octanol–water partition coefficient (Wildman–Crippen LogP) is -0.728. The van der Waals surface area contributed by atoms with Crippen molar-refractivity contribution in [1.29, 1.82) is 5.26 Å². The molecule has 12 nitrogen and oxygen atoms in total. The summed E-state index contributed by atoms with van der Waals surface area (Å²) in [6.07, 6.45) is 0. The van der Waals surface area contributed by atoms with E-state index >= 15 is 0 Å². The minimum Gasteiger partial charge on any atom is -0.477 e. The molecule has 0 bridgehead atoms. The average Bonchev–Trinajstić information content (AvgIpc) is 3.14. The first-order chi connectivity index (χ1) is 14.4. The molecule has 0 aromatic carbocycles. The van der Waals surface area contributed by atoms with E-state index in [1.54, 1.807) is 7.05 Å². The van der Waals surface area contributed by atoms with Gasteiger partial charge in [-0.25, -0.2) is 9.48 Å². The summed E-state index contributed by atoms with van der Waals surface area (Å²) in [4.78, 5) is 38.2. The topological polar surface area (TPSA) is 163 Å². The fourth-order valence-electron chi connectivity index (χ4n) is 2.98. The van der Waals surface area contributed by atoms with Gasteiger partial charge in [-0.05, 0) is 16.0 Å². The first-order valence-electron chi connectivity index (χ1n) is 8.42. The van der Waals surface area contributed by atoms with Crippen molar-refractivity contribution in [3.63, 3.8) is 0 Å². The van der Waals surface area contributed by atoms with Crippen LogP contribution in [0.3, 0.4) is 0 Å². The Bertz CT molecular complexity index is 945. The smallest absolute Gasteiger partial charge is 0.352 e. The van der Waals surface area contributed by atoms with Gasteiger partial charge in [-0.2, -0.15) is 5.26 Å². The lowest BCUT2D eigenvalue weighted by Crippen LogP contribution is -2.80. The Labute approximate surface area is 183 Å². The highest BCUT2D eigenvalue weighted by Gasteiger charge is 2.66. The van der Waals surface area contributed by atoms with Crippen molar-refractivity contribution in [1.82, 2.24) is 30.4 Å². The highest BCUT2D eigenvalue weighted by atomic mass is 32.2. The van der Waals surface area contributed by atoms with Crippen molar-refractivity contribution in [2.24, 2.45) is 7.05 Å². The Morgan fingerprint density at radius 1 is 1.53 bits per heavy atom. The molecule has 3 rings (SSSR count). The van der Waals surface area contributed by atoms with Gasteiger partial charge in [0, 0.05) is 25.7 Å². The van der Waals surface area contributed by atoms with Gasteiger partial charge in [0.1, 0.15) is 11.1 Å². The first-order valence-corrected chi connectivity index (χ1v) is 11.6. The molecule has 0 saturated carbocycles. The van der Waals surface area contributed by atoms with Crippen LogP contribution in [0, 0.1) is 11.3 Å². The van der Waals surface area contributed by atoms with Gasteiger partial charge >= 0.3 is 5.97 Å². The van der Waals surface area contributed by atoms with Crippen LogP contribution in [0.5, 0.6) is 0 Å². The lowest BCUT2D eigenvalue weighted by molar-refractivity contribution is -0.192. The highest BCUT2D eigenvalue weighted by molar-refractivity contribution is 8.01. The summed E-state index contributed by atoms with van der Waals surface area (Å²) < 4.78 is 6.83. The Hall–Kier alpha value is -2.28. The molecule has 2 N–H and O–H groups in total. The molecule has 1 unspecified atom stereocenters. The zero-order chi connectivity index (χ0) is 21.9. The fraction of sp³-hybridized carbons (Fsp3) is 0.533. The van der Waals surface area contributed by atoms with Crippen LogP contribution in [0.15, 0.2) is 16.4 Å². The first kappa shape index (κ1) is 22.4. The molecular formula is C15H17N7O5S3. The van der Waals surface area contributed by atoms with E-state index < -0.39 is 28.9 Å². The van der Waals surface area contributed by atoms with Crippen molar-refractivity contribution < 1.29 is 24.2 Å². The molecule has 15 heteroatoms.